The van der Waals surface area contributed by atoms with E-state index in [4.69, 9.17) is 5.73 Å². The molecule has 0 bridgehead atoms. The maximum Gasteiger partial charge on any atom is 0.264 e. The van der Waals surface area contributed by atoms with Crippen molar-refractivity contribution in [3.63, 3.8) is 0 Å². The molecule has 3 aromatic rings. The first-order valence-electron chi connectivity index (χ1n) is 5.58. The molecule has 0 atom stereocenters. The summed E-state index contributed by atoms with van der Waals surface area (Å²) < 4.78 is 3.02. The van der Waals surface area contributed by atoms with Gasteiger partial charge in [-0.1, -0.05) is 0 Å². The molecule has 3 rings (SSSR count). The lowest BCUT2D eigenvalue weighted by Crippen LogP contribution is -2.21. The van der Waals surface area contributed by atoms with Gasteiger partial charge in [0.05, 0.1) is 30.8 Å². The lowest BCUT2D eigenvalue weighted by molar-refractivity contribution is 0.719. The van der Waals surface area contributed by atoms with Crippen LogP contribution in [0.2, 0.25) is 0 Å². The first-order valence-corrected chi connectivity index (χ1v) is 5.58. The number of rotatable bonds is 2. The van der Waals surface area contributed by atoms with E-state index in [-0.39, 0.29) is 5.56 Å². The molecule has 0 aliphatic rings. The van der Waals surface area contributed by atoms with Crippen molar-refractivity contribution < 1.29 is 0 Å². The Hall–Kier alpha value is -2.77. The summed E-state index contributed by atoms with van der Waals surface area (Å²) in [7, 11) is 1.74. The highest BCUT2D eigenvalue weighted by molar-refractivity contribution is 5.72. The highest BCUT2D eigenvalue weighted by Crippen LogP contribution is 2.04. The normalized spacial score (nSPS) is 11.0. The van der Waals surface area contributed by atoms with Gasteiger partial charge in [-0.2, -0.15) is 5.10 Å². The van der Waals surface area contributed by atoms with Crippen molar-refractivity contribution in [3.8, 4) is 0 Å². The molecule has 0 amide bonds. The number of nitrogens with two attached hydrogens (primary N) is 1. The second-order valence-electron chi connectivity index (χ2n) is 4.12. The van der Waals surface area contributed by atoms with Crippen LogP contribution in [0.25, 0.3) is 11.0 Å². The Kier molecular flexibility index (Phi) is 2.48. The SMILES string of the molecule is Cn1ncc2c(=O)n(Cc3cnc(N)cn3)cnc21. The summed E-state index contributed by atoms with van der Waals surface area (Å²) in [4.78, 5) is 24.5. The van der Waals surface area contributed by atoms with Gasteiger partial charge >= 0.3 is 0 Å². The number of hydrogen-bond acceptors (Lipinski definition) is 6. The topological polar surface area (TPSA) is 105 Å². The highest BCUT2D eigenvalue weighted by Gasteiger charge is 2.08. The minimum Gasteiger partial charge on any atom is -0.382 e. The molecule has 0 aliphatic carbocycles. The molecule has 19 heavy (non-hydrogen) atoms. The lowest BCUT2D eigenvalue weighted by Gasteiger charge is -2.04. The largest absolute Gasteiger partial charge is 0.382 e. The Labute approximate surface area is 107 Å². The van der Waals surface area contributed by atoms with Crippen LogP contribution in [0.4, 0.5) is 5.82 Å². The van der Waals surface area contributed by atoms with Gasteiger partial charge in [0.1, 0.15) is 17.5 Å². The van der Waals surface area contributed by atoms with Crippen LogP contribution in [0.15, 0.2) is 29.7 Å². The van der Waals surface area contributed by atoms with Crippen LogP contribution >= 0.6 is 0 Å². The van der Waals surface area contributed by atoms with Crippen LogP contribution in [0.1, 0.15) is 5.69 Å². The van der Waals surface area contributed by atoms with Gasteiger partial charge in [-0.3, -0.25) is 19.0 Å². The summed E-state index contributed by atoms with van der Waals surface area (Å²) in [5.41, 5.74) is 6.51. The van der Waals surface area contributed by atoms with Crippen molar-refractivity contribution in [2.45, 2.75) is 6.54 Å². The third-order valence-corrected chi connectivity index (χ3v) is 2.78. The average Bonchev–Trinajstić information content (AvgIpc) is 2.78. The van der Waals surface area contributed by atoms with Gasteiger partial charge in [-0.15, -0.1) is 0 Å². The first kappa shape index (κ1) is 11.3. The fourth-order valence-electron chi connectivity index (χ4n) is 1.80. The van der Waals surface area contributed by atoms with Crippen LogP contribution < -0.4 is 11.3 Å². The van der Waals surface area contributed by atoms with Gasteiger partial charge in [0.2, 0.25) is 0 Å². The molecule has 0 fully saturated rings. The number of anilines is 1. The number of hydrogen-bond donors (Lipinski definition) is 1. The Bertz CT molecular complexity index is 787. The molecule has 0 aromatic carbocycles. The summed E-state index contributed by atoms with van der Waals surface area (Å²) in [5, 5.41) is 4.49. The van der Waals surface area contributed by atoms with E-state index in [1.165, 1.54) is 29.5 Å². The molecule has 8 nitrogen and oxygen atoms in total. The number of nitrogen functional groups attached to an aromatic ring is 1. The predicted octanol–water partition coefficient (Wildman–Crippen LogP) is -0.450. The lowest BCUT2D eigenvalue weighted by atomic mass is 10.4. The fraction of sp³-hybridized carbons (Fsp3) is 0.182. The van der Waals surface area contributed by atoms with Crippen molar-refractivity contribution in [2.75, 3.05) is 5.73 Å². The monoisotopic (exact) mass is 257 g/mol. The van der Waals surface area contributed by atoms with E-state index in [0.29, 0.717) is 29.1 Å². The minimum atomic E-state index is -0.156. The van der Waals surface area contributed by atoms with E-state index in [1.54, 1.807) is 11.7 Å². The van der Waals surface area contributed by atoms with Crippen LogP contribution in [-0.2, 0) is 13.6 Å². The number of fused-ring (bicyclic) bond motifs is 1. The van der Waals surface area contributed by atoms with E-state index in [9.17, 15) is 4.79 Å². The molecule has 0 spiro atoms. The Morgan fingerprint density at radius 1 is 1.21 bits per heavy atom. The minimum absolute atomic E-state index is 0.156. The van der Waals surface area contributed by atoms with Gasteiger partial charge in [-0.05, 0) is 0 Å². The highest BCUT2D eigenvalue weighted by atomic mass is 16.1. The summed E-state index contributed by atoms with van der Waals surface area (Å²) in [6.07, 6.45) is 5.98. The van der Waals surface area contributed by atoms with Crippen molar-refractivity contribution in [1.29, 1.82) is 0 Å². The molecule has 0 saturated carbocycles. The van der Waals surface area contributed by atoms with Gasteiger partial charge in [0.25, 0.3) is 5.56 Å². The van der Waals surface area contributed by atoms with E-state index < -0.39 is 0 Å². The van der Waals surface area contributed by atoms with Gasteiger partial charge in [0, 0.05) is 7.05 Å². The third kappa shape index (κ3) is 1.92. The zero-order valence-electron chi connectivity index (χ0n) is 10.2. The van der Waals surface area contributed by atoms with E-state index in [0.717, 1.165) is 0 Å². The Morgan fingerprint density at radius 3 is 2.79 bits per heavy atom. The van der Waals surface area contributed by atoms with Crippen molar-refractivity contribution >= 4 is 16.9 Å². The molecule has 3 heterocycles. The molecule has 0 saturated heterocycles. The van der Waals surface area contributed by atoms with E-state index in [2.05, 4.69) is 20.1 Å². The van der Waals surface area contributed by atoms with Crippen LogP contribution in [0.3, 0.4) is 0 Å². The van der Waals surface area contributed by atoms with E-state index in [1.807, 2.05) is 0 Å². The molecular formula is C11H11N7O. The molecule has 2 N–H and O–H groups in total. The van der Waals surface area contributed by atoms with Crippen molar-refractivity contribution in [1.82, 2.24) is 29.3 Å². The molecule has 8 heteroatoms. The standard InChI is InChI=1S/C11H11N7O/c1-17-10-8(3-16-17)11(19)18(6-15-10)5-7-2-14-9(12)4-13-7/h2-4,6H,5H2,1H3,(H2,12,14). The molecule has 96 valence electrons. The smallest absolute Gasteiger partial charge is 0.264 e. The zero-order valence-corrected chi connectivity index (χ0v) is 10.2. The Morgan fingerprint density at radius 2 is 2.05 bits per heavy atom. The van der Waals surface area contributed by atoms with Crippen LogP contribution in [-0.4, -0.2) is 29.3 Å². The second kappa shape index (κ2) is 4.16. The van der Waals surface area contributed by atoms with E-state index >= 15 is 0 Å². The molecular weight excluding hydrogens is 246 g/mol. The van der Waals surface area contributed by atoms with Crippen LogP contribution in [0, 0.1) is 0 Å². The van der Waals surface area contributed by atoms with Gasteiger partial charge in [-0.25, -0.2) is 9.97 Å². The quantitative estimate of drug-likeness (QED) is 0.666. The van der Waals surface area contributed by atoms with Crippen molar-refractivity contribution in [2.24, 2.45) is 7.05 Å². The van der Waals surface area contributed by atoms with Crippen molar-refractivity contribution in [3.05, 3.63) is 41.0 Å². The summed E-state index contributed by atoms with van der Waals surface area (Å²) in [5.74, 6) is 0.344. The fourth-order valence-corrected chi connectivity index (χ4v) is 1.80. The second-order valence-corrected chi connectivity index (χ2v) is 4.12. The summed E-state index contributed by atoms with van der Waals surface area (Å²) in [6, 6.07) is 0. The maximum atomic E-state index is 12.2. The number of nitrogens with zero attached hydrogens (tertiary/aromatic N) is 6. The summed E-state index contributed by atoms with van der Waals surface area (Å²) >= 11 is 0. The molecule has 0 unspecified atom stereocenters. The molecule has 0 aliphatic heterocycles. The first-order chi connectivity index (χ1) is 9.15. The van der Waals surface area contributed by atoms with Crippen LogP contribution in [0.5, 0.6) is 0 Å². The summed E-state index contributed by atoms with van der Waals surface area (Å²) in [6.45, 7) is 0.296. The Balaban J connectivity index is 2.04. The molecule has 3 aromatic heterocycles. The van der Waals surface area contributed by atoms with Gasteiger partial charge in [0.15, 0.2) is 5.65 Å². The predicted molar refractivity (Wildman–Crippen MR) is 68.3 cm³/mol. The number of aryl methyl sites for hydroxylation is 1. The van der Waals surface area contributed by atoms with Gasteiger partial charge < -0.3 is 5.73 Å². The average molecular weight is 257 g/mol. The number of aromatic nitrogens is 6. The maximum absolute atomic E-state index is 12.2. The molecule has 0 radical (unpaired) electrons. The zero-order chi connectivity index (χ0) is 13.4. The third-order valence-electron chi connectivity index (χ3n) is 2.78.